The van der Waals surface area contributed by atoms with Crippen molar-refractivity contribution in [1.82, 2.24) is 24.7 Å². The van der Waals surface area contributed by atoms with E-state index >= 15 is 0 Å². The van der Waals surface area contributed by atoms with Crippen LogP contribution in [0.4, 0.5) is 5.82 Å². The number of halogens is 1. The number of anilines is 1. The highest BCUT2D eigenvalue weighted by atomic mass is 35.5. The first kappa shape index (κ1) is 13.5. The van der Waals surface area contributed by atoms with Gasteiger partial charge in [-0.3, -0.25) is 4.98 Å². The Morgan fingerprint density at radius 1 is 1.14 bits per heavy atom. The van der Waals surface area contributed by atoms with E-state index in [0.29, 0.717) is 11.0 Å². The SMILES string of the molecule is C[C@@H](Nc1cncc(Cl)n1)c1ccc(-n2cncn2)cc1. The summed E-state index contributed by atoms with van der Waals surface area (Å²) in [6.45, 7) is 2.05. The lowest BCUT2D eigenvalue weighted by molar-refractivity contribution is 0.856. The van der Waals surface area contributed by atoms with E-state index in [1.165, 1.54) is 12.5 Å². The Hall–Kier alpha value is -2.47. The molecular formula is C14H13ClN6. The van der Waals surface area contributed by atoms with Gasteiger partial charge in [0.05, 0.1) is 18.1 Å². The van der Waals surface area contributed by atoms with E-state index < -0.39 is 0 Å². The van der Waals surface area contributed by atoms with Gasteiger partial charge in [-0.25, -0.2) is 14.6 Å². The van der Waals surface area contributed by atoms with Crippen LogP contribution in [0.15, 0.2) is 49.3 Å². The molecule has 0 aliphatic heterocycles. The van der Waals surface area contributed by atoms with Crippen LogP contribution in [0.1, 0.15) is 18.5 Å². The van der Waals surface area contributed by atoms with Crippen molar-refractivity contribution in [1.29, 1.82) is 0 Å². The Morgan fingerprint density at radius 3 is 2.62 bits per heavy atom. The van der Waals surface area contributed by atoms with Crippen LogP contribution in [0.25, 0.3) is 5.69 Å². The van der Waals surface area contributed by atoms with E-state index in [1.807, 2.05) is 31.2 Å². The highest BCUT2D eigenvalue weighted by Crippen LogP contribution is 2.19. The second-order valence-corrected chi connectivity index (χ2v) is 4.91. The molecule has 0 aliphatic rings. The van der Waals surface area contributed by atoms with E-state index in [1.54, 1.807) is 17.2 Å². The number of rotatable bonds is 4. The van der Waals surface area contributed by atoms with Crippen molar-refractivity contribution < 1.29 is 0 Å². The lowest BCUT2D eigenvalue weighted by Crippen LogP contribution is -2.08. The molecule has 0 unspecified atom stereocenters. The third kappa shape index (κ3) is 3.17. The molecule has 3 rings (SSSR count). The average molecular weight is 301 g/mol. The monoisotopic (exact) mass is 300 g/mol. The van der Waals surface area contributed by atoms with Gasteiger partial charge < -0.3 is 5.32 Å². The van der Waals surface area contributed by atoms with Gasteiger partial charge in [0.25, 0.3) is 0 Å². The predicted octanol–water partition coefficient (Wildman–Crippen LogP) is 2.88. The van der Waals surface area contributed by atoms with Crippen LogP contribution in [0.3, 0.4) is 0 Å². The standard InChI is InChI=1S/C14H13ClN6/c1-10(19-14-7-16-6-13(15)20-14)11-2-4-12(5-3-11)21-9-17-8-18-21/h2-10H,1H3,(H,19,20)/t10-/m1/s1. The molecule has 7 heteroatoms. The van der Waals surface area contributed by atoms with Crippen LogP contribution >= 0.6 is 11.6 Å². The van der Waals surface area contributed by atoms with E-state index in [0.717, 1.165) is 11.3 Å². The maximum Gasteiger partial charge on any atom is 0.149 e. The normalized spacial score (nSPS) is 12.1. The van der Waals surface area contributed by atoms with Crippen molar-refractivity contribution in [3.8, 4) is 5.69 Å². The summed E-state index contributed by atoms with van der Waals surface area (Å²) in [4.78, 5) is 12.1. The molecule has 0 aliphatic carbocycles. The minimum absolute atomic E-state index is 0.0857. The summed E-state index contributed by atoms with van der Waals surface area (Å²) in [5.74, 6) is 0.648. The maximum absolute atomic E-state index is 5.82. The van der Waals surface area contributed by atoms with E-state index in [4.69, 9.17) is 11.6 Å². The van der Waals surface area contributed by atoms with Crippen LogP contribution in [0, 0.1) is 0 Å². The Balaban J connectivity index is 1.74. The number of hydrogen-bond donors (Lipinski definition) is 1. The molecule has 0 bridgehead atoms. The molecule has 2 aromatic heterocycles. The number of benzene rings is 1. The molecule has 21 heavy (non-hydrogen) atoms. The fraction of sp³-hybridized carbons (Fsp3) is 0.143. The van der Waals surface area contributed by atoms with Crippen LogP contribution in [-0.4, -0.2) is 24.7 Å². The fourth-order valence-electron chi connectivity index (χ4n) is 1.97. The Labute approximate surface area is 126 Å². The molecule has 0 saturated carbocycles. The first-order valence-electron chi connectivity index (χ1n) is 6.41. The molecule has 0 fully saturated rings. The number of aromatic nitrogens is 5. The molecule has 6 nitrogen and oxygen atoms in total. The summed E-state index contributed by atoms with van der Waals surface area (Å²) in [5, 5.41) is 7.73. The first-order valence-corrected chi connectivity index (χ1v) is 6.79. The van der Waals surface area contributed by atoms with Crippen molar-refractivity contribution in [2.45, 2.75) is 13.0 Å². The van der Waals surface area contributed by atoms with Gasteiger partial charge in [-0.15, -0.1) is 0 Å². The van der Waals surface area contributed by atoms with Crippen LogP contribution in [-0.2, 0) is 0 Å². The molecule has 1 atom stereocenters. The summed E-state index contributed by atoms with van der Waals surface area (Å²) >= 11 is 5.82. The van der Waals surface area contributed by atoms with E-state index in [9.17, 15) is 0 Å². The van der Waals surface area contributed by atoms with Crippen LogP contribution < -0.4 is 5.32 Å². The van der Waals surface area contributed by atoms with Gasteiger partial charge >= 0.3 is 0 Å². The third-order valence-electron chi connectivity index (χ3n) is 3.05. The molecule has 2 heterocycles. The third-order valence-corrected chi connectivity index (χ3v) is 3.23. The number of hydrogen-bond acceptors (Lipinski definition) is 5. The van der Waals surface area contributed by atoms with E-state index in [2.05, 4.69) is 25.4 Å². The summed E-state index contributed by atoms with van der Waals surface area (Å²) in [5.41, 5.74) is 2.09. The van der Waals surface area contributed by atoms with E-state index in [-0.39, 0.29) is 6.04 Å². The summed E-state index contributed by atoms with van der Waals surface area (Å²) in [7, 11) is 0. The predicted molar refractivity (Wildman–Crippen MR) is 80.4 cm³/mol. The maximum atomic E-state index is 5.82. The zero-order valence-corrected chi connectivity index (χ0v) is 12.1. The molecule has 1 aromatic carbocycles. The van der Waals surface area contributed by atoms with Gasteiger partial charge in [0.1, 0.15) is 23.6 Å². The molecule has 0 spiro atoms. The summed E-state index contributed by atoms with van der Waals surface area (Å²) in [6, 6.07) is 8.14. The minimum Gasteiger partial charge on any atom is -0.362 e. The Bertz CT molecular complexity index is 711. The fourth-order valence-corrected chi connectivity index (χ4v) is 2.12. The van der Waals surface area contributed by atoms with Gasteiger partial charge in [0, 0.05) is 6.04 Å². The molecule has 0 radical (unpaired) electrons. The van der Waals surface area contributed by atoms with Gasteiger partial charge in [-0.05, 0) is 24.6 Å². The first-order chi connectivity index (χ1) is 10.2. The molecule has 1 N–H and O–H groups in total. The second-order valence-electron chi connectivity index (χ2n) is 4.52. The van der Waals surface area contributed by atoms with Crippen molar-refractivity contribution in [3.63, 3.8) is 0 Å². The molecule has 106 valence electrons. The van der Waals surface area contributed by atoms with Crippen molar-refractivity contribution >= 4 is 17.4 Å². The topological polar surface area (TPSA) is 68.5 Å². The quantitative estimate of drug-likeness (QED) is 0.802. The molecule has 0 amide bonds. The number of nitrogens with one attached hydrogen (secondary N) is 1. The zero-order chi connectivity index (χ0) is 14.7. The van der Waals surface area contributed by atoms with Crippen molar-refractivity contribution in [3.05, 3.63) is 60.0 Å². The zero-order valence-electron chi connectivity index (χ0n) is 11.3. The largest absolute Gasteiger partial charge is 0.362 e. The van der Waals surface area contributed by atoms with Crippen molar-refractivity contribution in [2.24, 2.45) is 0 Å². The van der Waals surface area contributed by atoms with Gasteiger partial charge in [-0.1, -0.05) is 23.7 Å². The second kappa shape index (κ2) is 5.88. The highest BCUT2D eigenvalue weighted by molar-refractivity contribution is 6.29. The average Bonchev–Trinajstić information content (AvgIpc) is 3.01. The minimum atomic E-state index is 0.0857. The lowest BCUT2D eigenvalue weighted by atomic mass is 10.1. The van der Waals surface area contributed by atoms with Gasteiger partial charge in [0.2, 0.25) is 0 Å². The molecule has 0 saturated heterocycles. The molecule has 3 aromatic rings. The van der Waals surface area contributed by atoms with Gasteiger partial charge in [-0.2, -0.15) is 5.10 Å². The van der Waals surface area contributed by atoms with Crippen LogP contribution in [0.5, 0.6) is 0 Å². The smallest absolute Gasteiger partial charge is 0.149 e. The summed E-state index contributed by atoms with van der Waals surface area (Å²) < 4.78 is 1.71. The summed E-state index contributed by atoms with van der Waals surface area (Å²) in [6.07, 6.45) is 6.32. The highest BCUT2D eigenvalue weighted by Gasteiger charge is 2.07. The van der Waals surface area contributed by atoms with Crippen LogP contribution in [0.2, 0.25) is 5.15 Å². The van der Waals surface area contributed by atoms with Crippen molar-refractivity contribution in [2.75, 3.05) is 5.32 Å². The number of nitrogens with zero attached hydrogens (tertiary/aromatic N) is 5. The Kier molecular flexibility index (Phi) is 3.79. The van der Waals surface area contributed by atoms with Gasteiger partial charge in [0.15, 0.2) is 0 Å². The lowest BCUT2D eigenvalue weighted by Gasteiger charge is -2.15. The Morgan fingerprint density at radius 2 is 1.95 bits per heavy atom. The molecular weight excluding hydrogens is 288 g/mol.